The number of morpholine rings is 1. The molecule has 0 aliphatic carbocycles. The maximum Gasteiger partial charge on any atom is 0.323 e. The molecule has 1 aliphatic heterocycles. The largest absolute Gasteiger partial charge is 0.495 e. The summed E-state index contributed by atoms with van der Waals surface area (Å²) in [6, 6.07) is 17.4. The summed E-state index contributed by atoms with van der Waals surface area (Å²) < 4.78 is 13.1. The Morgan fingerprint density at radius 2 is 1.73 bits per heavy atom. The molecule has 2 N–H and O–H groups in total. The van der Waals surface area contributed by atoms with Gasteiger partial charge in [0.25, 0.3) is 0 Å². The number of amides is 2. The van der Waals surface area contributed by atoms with Gasteiger partial charge in [0.1, 0.15) is 17.9 Å². The van der Waals surface area contributed by atoms with Gasteiger partial charge in [-0.2, -0.15) is 0 Å². The molecule has 6 rings (SSSR count). The number of nitrogens with zero attached hydrogens (tertiary/aromatic N) is 6. The Morgan fingerprint density at radius 3 is 2.44 bits per heavy atom. The van der Waals surface area contributed by atoms with E-state index in [1.165, 1.54) is 0 Å². The van der Waals surface area contributed by atoms with Gasteiger partial charge in [-0.25, -0.2) is 24.8 Å². The molecule has 0 atom stereocenters. The van der Waals surface area contributed by atoms with Crippen LogP contribution < -0.4 is 20.4 Å². The first-order valence-corrected chi connectivity index (χ1v) is 15.3. The molecule has 0 spiro atoms. The molecule has 0 saturated carbocycles. The second-order valence-electron chi connectivity index (χ2n) is 12.1. The molecule has 1 fully saturated rings. The number of methoxy groups -OCH3 is 1. The number of aromatic nitrogens is 4. The first-order chi connectivity index (χ1) is 21.7. The van der Waals surface area contributed by atoms with Crippen molar-refractivity contribution in [2.45, 2.75) is 40.0 Å². The number of urea groups is 1. The zero-order valence-corrected chi connectivity index (χ0v) is 26.7. The smallest absolute Gasteiger partial charge is 0.323 e. The fourth-order valence-electron chi connectivity index (χ4n) is 5.78. The minimum absolute atomic E-state index is 0.0791. The van der Waals surface area contributed by atoms with E-state index < -0.39 is 0 Å². The number of carbonyl (C=O) groups excluding carboxylic acids is 1. The number of fused-ring (bicyclic) bond motifs is 2. The van der Waals surface area contributed by atoms with Gasteiger partial charge in [0, 0.05) is 30.4 Å². The number of carbonyl (C=O) groups is 1. The van der Waals surface area contributed by atoms with E-state index in [0.29, 0.717) is 36.2 Å². The minimum atomic E-state index is -0.360. The molecule has 2 aromatic heterocycles. The van der Waals surface area contributed by atoms with E-state index in [9.17, 15) is 4.79 Å². The van der Waals surface area contributed by atoms with Crippen LogP contribution in [0.1, 0.15) is 39.1 Å². The van der Waals surface area contributed by atoms with Gasteiger partial charge in [0.2, 0.25) is 0 Å². The van der Waals surface area contributed by atoms with E-state index >= 15 is 0 Å². The summed E-state index contributed by atoms with van der Waals surface area (Å²) in [5.41, 5.74) is 4.65. The van der Waals surface area contributed by atoms with E-state index in [2.05, 4.69) is 48.3 Å². The van der Waals surface area contributed by atoms with Gasteiger partial charge in [-0.15, -0.1) is 0 Å². The molecule has 1 aliphatic rings. The zero-order valence-electron chi connectivity index (χ0n) is 26.7. The van der Waals surface area contributed by atoms with Crippen molar-refractivity contribution >= 4 is 45.2 Å². The van der Waals surface area contributed by atoms with E-state index in [1.54, 1.807) is 13.4 Å². The SMILES string of the molecule is CCN(c1nc(C)nc2c1ncn2-c1ccc(NC(=O)Nc2cc(C(C)(C)C)ccc2OC)c2ccccc12)N1CCOCC1. The number of nitrogens with one attached hydrogen (secondary N) is 2. The van der Waals surface area contributed by atoms with Crippen molar-refractivity contribution in [3.63, 3.8) is 0 Å². The van der Waals surface area contributed by atoms with Gasteiger partial charge >= 0.3 is 6.03 Å². The van der Waals surface area contributed by atoms with Crippen molar-refractivity contribution in [3.05, 3.63) is 72.3 Å². The van der Waals surface area contributed by atoms with Crippen molar-refractivity contribution in [3.8, 4) is 11.4 Å². The van der Waals surface area contributed by atoms with E-state index in [1.807, 2.05) is 66.1 Å². The molecule has 0 unspecified atom stereocenters. The maximum atomic E-state index is 13.3. The van der Waals surface area contributed by atoms with Crippen LogP contribution in [0.15, 0.2) is 60.9 Å². The Hall–Kier alpha value is -4.74. The lowest BCUT2D eigenvalue weighted by atomic mass is 9.87. The molecule has 3 heterocycles. The van der Waals surface area contributed by atoms with Crippen LogP contribution in [0.4, 0.5) is 22.0 Å². The number of ether oxygens (including phenoxy) is 2. The molecule has 11 nitrogen and oxygen atoms in total. The lowest BCUT2D eigenvalue weighted by molar-refractivity contribution is 0.0320. The molecular weight excluding hydrogens is 568 g/mol. The topological polar surface area (TPSA) is 110 Å². The average Bonchev–Trinajstić information content (AvgIpc) is 3.45. The van der Waals surface area contributed by atoms with Crippen molar-refractivity contribution in [1.82, 2.24) is 24.5 Å². The van der Waals surface area contributed by atoms with Gasteiger partial charge in [-0.3, -0.25) is 9.58 Å². The highest BCUT2D eigenvalue weighted by atomic mass is 16.5. The second-order valence-corrected chi connectivity index (χ2v) is 12.1. The Bertz CT molecular complexity index is 1860. The number of rotatable bonds is 7. The third-order valence-electron chi connectivity index (χ3n) is 8.08. The summed E-state index contributed by atoms with van der Waals surface area (Å²) in [7, 11) is 1.60. The molecule has 11 heteroatoms. The van der Waals surface area contributed by atoms with Gasteiger partial charge < -0.3 is 20.1 Å². The van der Waals surface area contributed by atoms with Crippen molar-refractivity contribution in [2.75, 3.05) is 55.6 Å². The first-order valence-electron chi connectivity index (χ1n) is 15.3. The van der Waals surface area contributed by atoms with Crippen molar-refractivity contribution < 1.29 is 14.3 Å². The number of aryl methyl sites for hydroxylation is 1. The maximum absolute atomic E-state index is 13.3. The van der Waals surface area contributed by atoms with Crippen LogP contribution in [0.25, 0.3) is 27.6 Å². The van der Waals surface area contributed by atoms with Gasteiger partial charge in [0.05, 0.1) is 37.4 Å². The van der Waals surface area contributed by atoms with Crippen LogP contribution in [0.5, 0.6) is 5.75 Å². The Kier molecular flexibility index (Phi) is 8.30. The molecule has 5 aromatic rings. The molecule has 3 aromatic carbocycles. The summed E-state index contributed by atoms with van der Waals surface area (Å²) in [4.78, 5) is 27.8. The van der Waals surface area contributed by atoms with Crippen LogP contribution in [0.3, 0.4) is 0 Å². The van der Waals surface area contributed by atoms with E-state index in [-0.39, 0.29) is 11.4 Å². The van der Waals surface area contributed by atoms with Gasteiger partial charge in [0.15, 0.2) is 17.0 Å². The lowest BCUT2D eigenvalue weighted by Crippen LogP contribution is -2.49. The fraction of sp³-hybridized carbons (Fsp3) is 0.353. The van der Waals surface area contributed by atoms with Crippen LogP contribution in [0, 0.1) is 6.92 Å². The van der Waals surface area contributed by atoms with Crippen LogP contribution in [-0.2, 0) is 10.2 Å². The summed E-state index contributed by atoms with van der Waals surface area (Å²) in [5.74, 6) is 2.04. The highest BCUT2D eigenvalue weighted by Gasteiger charge is 2.24. The number of benzene rings is 3. The lowest BCUT2D eigenvalue weighted by Gasteiger charge is -2.37. The number of hydrogen-bond acceptors (Lipinski definition) is 8. The molecule has 0 bridgehead atoms. The molecular formula is C34H40N8O3. The van der Waals surface area contributed by atoms with Gasteiger partial charge in [-0.05, 0) is 49.1 Å². The van der Waals surface area contributed by atoms with Gasteiger partial charge in [-0.1, -0.05) is 51.1 Å². The summed E-state index contributed by atoms with van der Waals surface area (Å²) >= 11 is 0. The van der Waals surface area contributed by atoms with Crippen molar-refractivity contribution in [2.24, 2.45) is 0 Å². The molecule has 45 heavy (non-hydrogen) atoms. The van der Waals surface area contributed by atoms with E-state index in [0.717, 1.165) is 58.6 Å². The van der Waals surface area contributed by atoms with Crippen LogP contribution in [0.2, 0.25) is 0 Å². The normalized spacial score (nSPS) is 14.1. The summed E-state index contributed by atoms with van der Waals surface area (Å²) in [6.07, 6.45) is 1.80. The molecule has 1 saturated heterocycles. The molecule has 0 radical (unpaired) electrons. The highest BCUT2D eigenvalue weighted by Crippen LogP contribution is 2.34. The highest BCUT2D eigenvalue weighted by molar-refractivity contribution is 6.08. The minimum Gasteiger partial charge on any atom is -0.495 e. The zero-order chi connectivity index (χ0) is 31.7. The average molecular weight is 609 g/mol. The quantitative estimate of drug-likeness (QED) is 0.222. The predicted molar refractivity (Wildman–Crippen MR) is 179 cm³/mol. The predicted octanol–water partition coefficient (Wildman–Crippen LogP) is 6.30. The number of hydrogen-bond donors (Lipinski definition) is 2. The summed E-state index contributed by atoms with van der Waals surface area (Å²) in [5, 5.41) is 12.3. The first kappa shape index (κ1) is 30.3. The third-order valence-corrected chi connectivity index (χ3v) is 8.08. The Morgan fingerprint density at radius 1 is 1.00 bits per heavy atom. The Balaban J connectivity index is 1.35. The molecule has 2 amide bonds. The van der Waals surface area contributed by atoms with Crippen LogP contribution in [-0.4, -0.2) is 70.5 Å². The Labute approximate surface area is 263 Å². The number of imidazole rings is 1. The molecule has 234 valence electrons. The monoisotopic (exact) mass is 608 g/mol. The fourth-order valence-corrected chi connectivity index (χ4v) is 5.78. The van der Waals surface area contributed by atoms with Crippen molar-refractivity contribution in [1.29, 1.82) is 0 Å². The van der Waals surface area contributed by atoms with Crippen LogP contribution >= 0.6 is 0 Å². The number of anilines is 3. The second kappa shape index (κ2) is 12.3. The summed E-state index contributed by atoms with van der Waals surface area (Å²) in [6.45, 7) is 14.1. The standard InChI is InChI=1S/C34H40N8O3/c1-7-42(40-16-18-45-19-17-40)32-30-31(36-22(2)37-32)41(21-35-30)28-14-13-26(24-10-8-9-11-25(24)28)38-33(43)39-27-20-23(34(3,4)5)12-15-29(27)44-6/h8-15,20-21H,7,16-19H2,1-6H3,(H2,38,39,43). The number of hydrazine groups is 1. The van der Waals surface area contributed by atoms with E-state index in [4.69, 9.17) is 24.4 Å². The third kappa shape index (κ3) is 6.01.